The van der Waals surface area contributed by atoms with Gasteiger partial charge in [0.05, 0.1) is 17.1 Å². The molecule has 1 unspecified atom stereocenters. The van der Waals surface area contributed by atoms with Gasteiger partial charge in [-0.2, -0.15) is 0 Å². The molecule has 18 heavy (non-hydrogen) atoms. The first-order chi connectivity index (χ1) is 8.77. The summed E-state index contributed by atoms with van der Waals surface area (Å²) in [6.45, 7) is 4.71. The Kier molecular flexibility index (Phi) is 3.08. The summed E-state index contributed by atoms with van der Waals surface area (Å²) in [6.07, 6.45) is 4.04. The number of likely N-dealkylation sites (tertiary alicyclic amines) is 1. The SMILES string of the molecule is CC(c1nc2ccccc2n1C)N1CCCCC1. The molecule has 1 fully saturated rings. The number of aromatic nitrogens is 2. The molecule has 1 aromatic carbocycles. The number of benzene rings is 1. The molecule has 0 N–H and O–H groups in total. The number of aryl methyl sites for hydroxylation is 1. The summed E-state index contributed by atoms with van der Waals surface area (Å²) in [5.41, 5.74) is 2.34. The second kappa shape index (κ2) is 4.73. The molecule has 0 amide bonds. The Balaban J connectivity index is 1.95. The zero-order chi connectivity index (χ0) is 12.5. The number of hydrogen-bond donors (Lipinski definition) is 0. The lowest BCUT2D eigenvalue weighted by molar-refractivity contribution is 0.167. The fraction of sp³-hybridized carbons (Fsp3) is 0.533. The number of imidazole rings is 1. The number of para-hydroxylation sites is 2. The van der Waals surface area contributed by atoms with Gasteiger partial charge in [-0.3, -0.25) is 4.90 Å². The third-order valence-electron chi connectivity index (χ3n) is 4.13. The Bertz CT molecular complexity index is 538. The normalized spacial score (nSPS) is 19.2. The van der Waals surface area contributed by atoms with Gasteiger partial charge in [-0.15, -0.1) is 0 Å². The van der Waals surface area contributed by atoms with Crippen molar-refractivity contribution in [1.29, 1.82) is 0 Å². The predicted molar refractivity (Wildman–Crippen MR) is 74.6 cm³/mol. The van der Waals surface area contributed by atoms with Crippen LogP contribution in [-0.2, 0) is 7.05 Å². The molecule has 2 aromatic rings. The smallest absolute Gasteiger partial charge is 0.126 e. The molecule has 1 aromatic heterocycles. The first kappa shape index (κ1) is 11.7. The van der Waals surface area contributed by atoms with Gasteiger partial charge in [0.2, 0.25) is 0 Å². The first-order valence-electron chi connectivity index (χ1n) is 6.93. The van der Waals surface area contributed by atoms with Crippen LogP contribution in [0.15, 0.2) is 24.3 Å². The van der Waals surface area contributed by atoms with E-state index in [0.717, 1.165) is 5.52 Å². The molecule has 0 saturated carbocycles. The van der Waals surface area contributed by atoms with Gasteiger partial charge in [0.1, 0.15) is 5.82 Å². The predicted octanol–water partition coefficient (Wildman–Crippen LogP) is 3.12. The summed E-state index contributed by atoms with van der Waals surface area (Å²) in [7, 11) is 2.13. The van der Waals surface area contributed by atoms with Gasteiger partial charge in [-0.05, 0) is 45.0 Å². The quantitative estimate of drug-likeness (QED) is 0.808. The van der Waals surface area contributed by atoms with Crippen molar-refractivity contribution in [3.05, 3.63) is 30.1 Å². The van der Waals surface area contributed by atoms with E-state index in [-0.39, 0.29) is 0 Å². The van der Waals surface area contributed by atoms with Crippen molar-refractivity contribution in [2.75, 3.05) is 13.1 Å². The Morgan fingerprint density at radius 3 is 2.56 bits per heavy atom. The average Bonchev–Trinajstić information content (AvgIpc) is 2.77. The van der Waals surface area contributed by atoms with E-state index >= 15 is 0 Å². The van der Waals surface area contributed by atoms with Crippen molar-refractivity contribution >= 4 is 11.0 Å². The molecule has 0 bridgehead atoms. The number of fused-ring (bicyclic) bond motifs is 1. The van der Waals surface area contributed by atoms with Crippen molar-refractivity contribution in [3.8, 4) is 0 Å². The van der Waals surface area contributed by atoms with Crippen molar-refractivity contribution in [1.82, 2.24) is 14.5 Å². The summed E-state index contributed by atoms with van der Waals surface area (Å²) < 4.78 is 2.24. The molecule has 3 rings (SSSR count). The van der Waals surface area contributed by atoms with Crippen LogP contribution in [0.25, 0.3) is 11.0 Å². The highest BCUT2D eigenvalue weighted by molar-refractivity contribution is 5.75. The van der Waals surface area contributed by atoms with E-state index in [1.54, 1.807) is 0 Å². The van der Waals surface area contributed by atoms with E-state index in [9.17, 15) is 0 Å². The van der Waals surface area contributed by atoms with Gasteiger partial charge in [-0.1, -0.05) is 18.6 Å². The van der Waals surface area contributed by atoms with Gasteiger partial charge in [-0.25, -0.2) is 4.98 Å². The van der Waals surface area contributed by atoms with E-state index in [1.807, 2.05) is 0 Å². The molecule has 1 aliphatic heterocycles. The van der Waals surface area contributed by atoms with Crippen molar-refractivity contribution in [2.24, 2.45) is 7.05 Å². The van der Waals surface area contributed by atoms with Crippen molar-refractivity contribution < 1.29 is 0 Å². The van der Waals surface area contributed by atoms with Crippen LogP contribution in [0, 0.1) is 0 Å². The molecule has 1 atom stereocenters. The largest absolute Gasteiger partial charge is 0.330 e. The lowest BCUT2D eigenvalue weighted by Gasteiger charge is -2.31. The average molecular weight is 243 g/mol. The standard InChI is InChI=1S/C15H21N3/c1-12(18-10-6-3-7-11-18)15-16-13-8-4-5-9-14(13)17(15)2/h4-5,8-9,12H,3,6-7,10-11H2,1-2H3. The van der Waals surface area contributed by atoms with Gasteiger partial charge in [0, 0.05) is 7.05 Å². The number of rotatable bonds is 2. The van der Waals surface area contributed by atoms with Gasteiger partial charge in [0.15, 0.2) is 0 Å². The first-order valence-corrected chi connectivity index (χ1v) is 6.93. The highest BCUT2D eigenvalue weighted by Gasteiger charge is 2.22. The monoisotopic (exact) mass is 243 g/mol. The Labute approximate surface area is 108 Å². The second-order valence-corrected chi connectivity index (χ2v) is 5.29. The summed E-state index contributed by atoms with van der Waals surface area (Å²) >= 11 is 0. The van der Waals surface area contributed by atoms with Gasteiger partial charge < -0.3 is 4.57 Å². The third-order valence-corrected chi connectivity index (χ3v) is 4.13. The summed E-state index contributed by atoms with van der Waals surface area (Å²) in [5, 5.41) is 0. The Hall–Kier alpha value is -1.35. The molecule has 1 aliphatic rings. The topological polar surface area (TPSA) is 21.1 Å². The van der Waals surface area contributed by atoms with E-state index < -0.39 is 0 Å². The molecule has 0 radical (unpaired) electrons. The second-order valence-electron chi connectivity index (χ2n) is 5.29. The van der Waals surface area contributed by atoms with Crippen LogP contribution in [0.1, 0.15) is 38.1 Å². The molecule has 0 aliphatic carbocycles. The maximum atomic E-state index is 4.81. The van der Waals surface area contributed by atoms with Gasteiger partial charge in [0.25, 0.3) is 0 Å². The maximum Gasteiger partial charge on any atom is 0.126 e. The molecular formula is C15H21N3. The minimum atomic E-state index is 0.419. The Morgan fingerprint density at radius 1 is 1.11 bits per heavy atom. The van der Waals surface area contributed by atoms with Crippen LogP contribution < -0.4 is 0 Å². The zero-order valence-electron chi connectivity index (χ0n) is 11.3. The van der Waals surface area contributed by atoms with Crippen LogP contribution in [0.3, 0.4) is 0 Å². The minimum Gasteiger partial charge on any atom is -0.330 e. The van der Waals surface area contributed by atoms with Crippen LogP contribution >= 0.6 is 0 Å². The summed E-state index contributed by atoms with van der Waals surface area (Å²) in [5.74, 6) is 1.19. The maximum absolute atomic E-state index is 4.81. The molecule has 3 nitrogen and oxygen atoms in total. The molecule has 96 valence electrons. The lowest BCUT2D eigenvalue weighted by Crippen LogP contribution is -2.33. The van der Waals surface area contributed by atoms with Crippen molar-refractivity contribution in [3.63, 3.8) is 0 Å². The third kappa shape index (κ3) is 1.93. The fourth-order valence-electron chi connectivity index (χ4n) is 3.01. The van der Waals surface area contributed by atoms with Crippen LogP contribution in [0.2, 0.25) is 0 Å². The van der Waals surface area contributed by atoms with Crippen LogP contribution in [0.4, 0.5) is 0 Å². The fourth-order valence-corrected chi connectivity index (χ4v) is 3.01. The molecular weight excluding hydrogens is 222 g/mol. The van der Waals surface area contributed by atoms with E-state index in [1.165, 1.54) is 43.7 Å². The number of hydrogen-bond acceptors (Lipinski definition) is 2. The van der Waals surface area contributed by atoms with Gasteiger partial charge >= 0.3 is 0 Å². The van der Waals surface area contributed by atoms with E-state index in [2.05, 4.69) is 47.7 Å². The van der Waals surface area contributed by atoms with E-state index in [4.69, 9.17) is 4.98 Å². The summed E-state index contributed by atoms with van der Waals surface area (Å²) in [6, 6.07) is 8.81. The van der Waals surface area contributed by atoms with Crippen molar-refractivity contribution in [2.45, 2.75) is 32.2 Å². The highest BCUT2D eigenvalue weighted by Crippen LogP contribution is 2.25. The molecule has 2 heterocycles. The lowest BCUT2D eigenvalue weighted by atomic mass is 10.1. The minimum absolute atomic E-state index is 0.419. The Morgan fingerprint density at radius 2 is 1.83 bits per heavy atom. The molecule has 1 saturated heterocycles. The van der Waals surface area contributed by atoms with Crippen LogP contribution in [-0.4, -0.2) is 27.5 Å². The summed E-state index contributed by atoms with van der Waals surface area (Å²) in [4.78, 5) is 7.37. The number of nitrogens with zero attached hydrogens (tertiary/aromatic N) is 3. The molecule has 3 heteroatoms. The van der Waals surface area contributed by atoms with E-state index in [0.29, 0.717) is 6.04 Å². The number of piperidine rings is 1. The van der Waals surface area contributed by atoms with Crippen LogP contribution in [0.5, 0.6) is 0 Å². The highest BCUT2D eigenvalue weighted by atomic mass is 15.2. The zero-order valence-corrected chi connectivity index (χ0v) is 11.3. The molecule has 0 spiro atoms.